The number of hydrogen-bond acceptors (Lipinski definition) is 6. The molecule has 27 heavy (non-hydrogen) atoms. The van der Waals surface area contributed by atoms with E-state index in [0.29, 0.717) is 13.1 Å². The molecule has 1 fully saturated rings. The molecule has 0 bridgehead atoms. The van der Waals surface area contributed by atoms with Gasteiger partial charge in [-0.3, -0.25) is 4.98 Å². The van der Waals surface area contributed by atoms with E-state index in [2.05, 4.69) is 32.9 Å². The van der Waals surface area contributed by atoms with Crippen molar-refractivity contribution in [2.45, 2.75) is 25.8 Å². The van der Waals surface area contributed by atoms with E-state index in [4.69, 9.17) is 0 Å². The summed E-state index contributed by atoms with van der Waals surface area (Å²) < 4.78 is 29.4. The minimum absolute atomic E-state index is 0.241. The summed E-state index contributed by atoms with van der Waals surface area (Å²) in [6, 6.07) is 8.68. The third-order valence-corrected chi connectivity index (χ3v) is 7.18. The van der Waals surface area contributed by atoms with Crippen LogP contribution in [-0.2, 0) is 10.0 Å². The first-order valence-corrected chi connectivity index (χ1v) is 11.6. The van der Waals surface area contributed by atoms with E-state index >= 15 is 0 Å². The van der Waals surface area contributed by atoms with Gasteiger partial charge in [0, 0.05) is 42.6 Å². The van der Waals surface area contributed by atoms with Crippen molar-refractivity contribution in [3.63, 3.8) is 0 Å². The lowest BCUT2D eigenvalue weighted by atomic mass is 10.0. The first-order valence-electron chi connectivity index (χ1n) is 8.93. The van der Waals surface area contributed by atoms with E-state index < -0.39 is 10.0 Å². The van der Waals surface area contributed by atoms with E-state index in [1.807, 2.05) is 19.2 Å². The maximum absolute atomic E-state index is 11.7. The van der Waals surface area contributed by atoms with Gasteiger partial charge in [0.1, 0.15) is 0 Å². The van der Waals surface area contributed by atoms with Crippen molar-refractivity contribution >= 4 is 38.0 Å². The van der Waals surface area contributed by atoms with Crippen LogP contribution in [0, 0.1) is 6.92 Å². The number of anilines is 1. The Morgan fingerprint density at radius 2 is 2.00 bits per heavy atom. The smallest absolute Gasteiger partial charge is 0.211 e. The highest BCUT2D eigenvalue weighted by Gasteiger charge is 2.25. The molecule has 0 spiro atoms. The molecule has 142 valence electrons. The fourth-order valence-corrected chi connectivity index (χ4v) is 5.13. The Hall–Kier alpha value is -2.03. The normalized spacial score (nSPS) is 16.7. The van der Waals surface area contributed by atoms with E-state index in [9.17, 15) is 8.42 Å². The second-order valence-electron chi connectivity index (χ2n) is 7.03. The van der Waals surface area contributed by atoms with Crippen molar-refractivity contribution in [1.29, 1.82) is 0 Å². The van der Waals surface area contributed by atoms with Gasteiger partial charge in [0.05, 0.1) is 16.8 Å². The Balaban J connectivity index is 1.63. The molecule has 2 aromatic heterocycles. The summed E-state index contributed by atoms with van der Waals surface area (Å²) in [6.45, 7) is 3.11. The highest BCUT2D eigenvalue weighted by atomic mass is 32.2. The molecule has 3 heterocycles. The molecule has 0 amide bonds. The van der Waals surface area contributed by atoms with Crippen LogP contribution >= 0.6 is 11.5 Å². The molecule has 1 aromatic carbocycles. The highest BCUT2D eigenvalue weighted by Crippen LogP contribution is 2.33. The van der Waals surface area contributed by atoms with Gasteiger partial charge in [0.2, 0.25) is 10.0 Å². The van der Waals surface area contributed by atoms with Crippen LogP contribution in [0.1, 0.15) is 18.5 Å². The summed E-state index contributed by atoms with van der Waals surface area (Å²) in [5.41, 5.74) is 3.20. The molecule has 3 aromatic rings. The quantitative estimate of drug-likeness (QED) is 0.723. The van der Waals surface area contributed by atoms with E-state index in [-0.39, 0.29) is 6.04 Å². The number of aryl methyl sites for hydroxylation is 1. The van der Waals surface area contributed by atoms with Gasteiger partial charge < -0.3 is 5.32 Å². The number of fused-ring (bicyclic) bond motifs is 1. The van der Waals surface area contributed by atoms with Gasteiger partial charge in [-0.25, -0.2) is 12.7 Å². The standard InChI is InChI=1S/C19H22N4O2S2/c1-13-9-19(26-22-13)15-10-14-3-6-20-12-17(14)18(11-15)21-16-4-7-23(8-5-16)27(2,24)25/h3,6,9-12,16,21H,4-5,7-8H2,1-2H3. The van der Waals surface area contributed by atoms with E-state index in [0.717, 1.165) is 45.4 Å². The predicted octanol–water partition coefficient (Wildman–Crippen LogP) is 3.50. The number of benzene rings is 1. The van der Waals surface area contributed by atoms with Crippen LogP contribution in [-0.4, -0.2) is 47.5 Å². The molecule has 0 atom stereocenters. The van der Waals surface area contributed by atoms with Crippen LogP contribution < -0.4 is 5.32 Å². The number of sulfonamides is 1. The van der Waals surface area contributed by atoms with Gasteiger partial charge in [-0.15, -0.1) is 0 Å². The molecule has 0 unspecified atom stereocenters. The SMILES string of the molecule is Cc1cc(-c2cc(NC3CCN(S(C)(=O)=O)CC3)c3cnccc3c2)sn1. The third kappa shape index (κ3) is 3.97. The van der Waals surface area contributed by atoms with Crippen LogP contribution in [0.25, 0.3) is 21.2 Å². The van der Waals surface area contributed by atoms with Crippen molar-refractivity contribution in [3.8, 4) is 10.4 Å². The molecule has 0 radical (unpaired) electrons. The zero-order chi connectivity index (χ0) is 19.0. The average Bonchev–Trinajstić information content (AvgIpc) is 3.08. The first kappa shape index (κ1) is 18.3. The van der Waals surface area contributed by atoms with Gasteiger partial charge >= 0.3 is 0 Å². The molecule has 8 heteroatoms. The lowest BCUT2D eigenvalue weighted by Gasteiger charge is -2.31. The number of piperidine rings is 1. The van der Waals surface area contributed by atoms with Crippen molar-refractivity contribution in [3.05, 3.63) is 42.4 Å². The fraction of sp³-hybridized carbons (Fsp3) is 0.368. The van der Waals surface area contributed by atoms with Gasteiger partial charge in [-0.2, -0.15) is 4.37 Å². The molecule has 0 aliphatic carbocycles. The molecule has 4 rings (SSSR count). The number of hydrogen-bond donors (Lipinski definition) is 1. The Kier molecular flexibility index (Phi) is 4.88. The maximum Gasteiger partial charge on any atom is 0.211 e. The van der Waals surface area contributed by atoms with Gasteiger partial charge in [0.15, 0.2) is 0 Å². The van der Waals surface area contributed by atoms with Crippen molar-refractivity contribution in [1.82, 2.24) is 13.7 Å². The number of rotatable bonds is 4. The summed E-state index contributed by atoms with van der Waals surface area (Å²) in [5.74, 6) is 0. The topological polar surface area (TPSA) is 75.2 Å². The van der Waals surface area contributed by atoms with Gasteiger partial charge in [-0.1, -0.05) is 0 Å². The molecule has 1 aliphatic heterocycles. The molecule has 1 aliphatic rings. The Bertz CT molecular complexity index is 1070. The Labute approximate surface area is 163 Å². The Morgan fingerprint density at radius 3 is 2.67 bits per heavy atom. The highest BCUT2D eigenvalue weighted by molar-refractivity contribution is 7.88. The second-order valence-corrected chi connectivity index (χ2v) is 9.82. The van der Waals surface area contributed by atoms with Crippen LogP contribution in [0.3, 0.4) is 0 Å². The molecule has 1 N–H and O–H groups in total. The van der Waals surface area contributed by atoms with E-state index in [1.165, 1.54) is 17.8 Å². The summed E-state index contributed by atoms with van der Waals surface area (Å²) in [4.78, 5) is 5.42. The summed E-state index contributed by atoms with van der Waals surface area (Å²) >= 11 is 1.50. The number of pyridine rings is 1. The van der Waals surface area contributed by atoms with Gasteiger partial charge in [0.25, 0.3) is 0 Å². The summed E-state index contributed by atoms with van der Waals surface area (Å²) in [6.07, 6.45) is 6.54. The number of aromatic nitrogens is 2. The maximum atomic E-state index is 11.7. The van der Waals surface area contributed by atoms with Crippen molar-refractivity contribution in [2.24, 2.45) is 0 Å². The minimum atomic E-state index is -3.11. The first-order chi connectivity index (χ1) is 12.9. The molecule has 0 saturated carbocycles. The lowest BCUT2D eigenvalue weighted by Crippen LogP contribution is -2.41. The van der Waals surface area contributed by atoms with E-state index in [1.54, 1.807) is 10.5 Å². The minimum Gasteiger partial charge on any atom is -0.382 e. The zero-order valence-corrected chi connectivity index (χ0v) is 17.0. The molecular formula is C19H22N4O2S2. The van der Waals surface area contributed by atoms with Crippen LogP contribution in [0.15, 0.2) is 36.7 Å². The zero-order valence-electron chi connectivity index (χ0n) is 15.3. The molecule has 1 saturated heterocycles. The second kappa shape index (κ2) is 7.18. The summed E-state index contributed by atoms with van der Waals surface area (Å²) in [7, 11) is -3.11. The van der Waals surface area contributed by atoms with Crippen molar-refractivity contribution < 1.29 is 8.42 Å². The largest absolute Gasteiger partial charge is 0.382 e. The number of nitrogens with zero attached hydrogens (tertiary/aromatic N) is 3. The monoisotopic (exact) mass is 402 g/mol. The summed E-state index contributed by atoms with van der Waals surface area (Å²) in [5, 5.41) is 5.84. The van der Waals surface area contributed by atoms with Gasteiger partial charge in [-0.05, 0) is 66.5 Å². The lowest BCUT2D eigenvalue weighted by molar-refractivity contribution is 0.332. The Morgan fingerprint density at radius 1 is 1.22 bits per heavy atom. The van der Waals surface area contributed by atoms with Crippen LogP contribution in [0.4, 0.5) is 5.69 Å². The molecular weight excluding hydrogens is 380 g/mol. The predicted molar refractivity (Wildman–Crippen MR) is 111 cm³/mol. The fourth-order valence-electron chi connectivity index (χ4n) is 3.51. The third-order valence-electron chi connectivity index (χ3n) is 4.95. The van der Waals surface area contributed by atoms with Crippen LogP contribution in [0.2, 0.25) is 0 Å². The number of nitrogens with one attached hydrogen (secondary N) is 1. The van der Waals surface area contributed by atoms with Crippen LogP contribution in [0.5, 0.6) is 0 Å². The average molecular weight is 403 g/mol. The van der Waals surface area contributed by atoms with Crippen molar-refractivity contribution in [2.75, 3.05) is 24.7 Å². The molecule has 6 nitrogen and oxygen atoms in total.